The number of halogens is 1. The minimum Gasteiger partial charge on any atom is -0.497 e. The van der Waals surface area contributed by atoms with Crippen LogP contribution in [0.1, 0.15) is 24.2 Å². The molecule has 0 fully saturated rings. The van der Waals surface area contributed by atoms with E-state index in [-0.39, 0.29) is 47.5 Å². The van der Waals surface area contributed by atoms with Crippen LogP contribution in [0.3, 0.4) is 0 Å². The lowest BCUT2D eigenvalue weighted by atomic mass is 9.99. The largest absolute Gasteiger partial charge is 0.497 e. The molecule has 11 nitrogen and oxygen atoms in total. The van der Waals surface area contributed by atoms with Crippen LogP contribution in [-0.4, -0.2) is 81.3 Å². The van der Waals surface area contributed by atoms with Crippen LogP contribution in [0, 0.1) is 11.7 Å². The number of anilines is 2. The summed E-state index contributed by atoms with van der Waals surface area (Å²) in [4.78, 5) is 29.5. The fourth-order valence-electron chi connectivity index (χ4n) is 4.61. The summed E-state index contributed by atoms with van der Waals surface area (Å²) >= 11 is 0. The van der Waals surface area contributed by atoms with Gasteiger partial charge >= 0.3 is 6.03 Å². The number of nitrogens with one attached hydrogen (secondary N) is 2. The minimum atomic E-state index is -4.10. The van der Waals surface area contributed by atoms with Gasteiger partial charge in [-0.15, -0.1) is 0 Å². The van der Waals surface area contributed by atoms with Crippen molar-refractivity contribution < 1.29 is 37.0 Å². The van der Waals surface area contributed by atoms with Crippen LogP contribution < -0.4 is 19.5 Å². The van der Waals surface area contributed by atoms with Crippen LogP contribution in [0.2, 0.25) is 0 Å². The minimum absolute atomic E-state index is 0.00335. The first-order valence-electron chi connectivity index (χ1n) is 13.6. The first-order chi connectivity index (χ1) is 20.4. The molecule has 3 aromatic carbocycles. The van der Waals surface area contributed by atoms with Gasteiger partial charge in [-0.1, -0.05) is 13.0 Å². The van der Waals surface area contributed by atoms with Gasteiger partial charge < -0.3 is 29.7 Å². The number of fused-ring (bicyclic) bond motifs is 1. The van der Waals surface area contributed by atoms with Gasteiger partial charge in [-0.25, -0.2) is 17.6 Å². The van der Waals surface area contributed by atoms with E-state index in [4.69, 9.17) is 9.47 Å². The number of likely N-dealkylation sites (N-methyl/N-ethyl adjacent to an activating group) is 1. The Balaban J connectivity index is 1.68. The highest BCUT2D eigenvalue weighted by Gasteiger charge is 2.35. The summed E-state index contributed by atoms with van der Waals surface area (Å²) in [6, 6.07) is 14.7. The summed E-state index contributed by atoms with van der Waals surface area (Å²) in [5.41, 5.74) is 0.542. The number of urea groups is 1. The molecule has 4 rings (SSSR count). The molecule has 0 spiro atoms. The molecule has 230 valence electrons. The lowest BCUT2D eigenvalue weighted by Crippen LogP contribution is -2.50. The topological polar surface area (TPSA) is 138 Å². The predicted octanol–water partition coefficient (Wildman–Crippen LogP) is 4.02. The number of rotatable bonds is 9. The Morgan fingerprint density at radius 3 is 2.47 bits per heavy atom. The number of hydrogen-bond acceptors (Lipinski definition) is 7. The maximum absolute atomic E-state index is 13.7. The van der Waals surface area contributed by atoms with Gasteiger partial charge in [0.2, 0.25) is 0 Å². The Bertz CT molecular complexity index is 1550. The average Bonchev–Trinajstić information content (AvgIpc) is 2.99. The Morgan fingerprint density at radius 1 is 1.16 bits per heavy atom. The van der Waals surface area contributed by atoms with Crippen molar-refractivity contribution >= 4 is 33.3 Å². The van der Waals surface area contributed by atoms with Crippen molar-refractivity contribution in [2.75, 3.05) is 43.9 Å². The third kappa shape index (κ3) is 7.35. The number of nitrogens with zero attached hydrogens (tertiary/aromatic N) is 2. The van der Waals surface area contributed by atoms with Crippen LogP contribution in [0.4, 0.5) is 20.6 Å². The summed E-state index contributed by atoms with van der Waals surface area (Å²) in [5.74, 6) is -0.728. The lowest BCUT2D eigenvalue weighted by molar-refractivity contribution is 0.0373. The number of sulfonamides is 1. The number of carbonyl (C=O) groups excluding carboxylic acids is 2. The van der Waals surface area contributed by atoms with Crippen molar-refractivity contribution in [3.63, 3.8) is 0 Å². The molecule has 3 amide bonds. The summed E-state index contributed by atoms with van der Waals surface area (Å²) in [6.07, 6.45) is -0.698. The average molecular weight is 615 g/mol. The maximum atomic E-state index is 13.7. The van der Waals surface area contributed by atoms with Crippen LogP contribution in [0.25, 0.3) is 0 Å². The predicted molar refractivity (Wildman–Crippen MR) is 159 cm³/mol. The monoisotopic (exact) mass is 614 g/mol. The Morgan fingerprint density at radius 2 is 1.84 bits per heavy atom. The van der Waals surface area contributed by atoms with Gasteiger partial charge in [0, 0.05) is 25.2 Å². The molecule has 3 aromatic rings. The fraction of sp³-hybridized carbons (Fsp3) is 0.333. The third-order valence-corrected chi connectivity index (χ3v) is 8.58. The molecule has 1 aliphatic heterocycles. The zero-order valence-corrected chi connectivity index (χ0v) is 25.1. The summed E-state index contributed by atoms with van der Waals surface area (Å²) in [7, 11) is -1.07. The SMILES string of the molecule is COc1ccc(S(=O)(=O)Nc2cccc3c2O[C@H](CN(C)C(=O)Nc2ccc(F)cc2)[C@@H](C)CN([C@@H](C)CO)C3=O)cc1. The quantitative estimate of drug-likeness (QED) is 0.331. The van der Waals surface area contributed by atoms with E-state index in [0.29, 0.717) is 11.4 Å². The molecule has 0 saturated heterocycles. The number of methoxy groups -OCH3 is 1. The molecular formula is C30H35FN4O7S. The molecule has 0 aliphatic carbocycles. The Labute approximate surface area is 250 Å². The van der Waals surface area contributed by atoms with Gasteiger partial charge in [0.15, 0.2) is 5.75 Å². The highest BCUT2D eigenvalue weighted by atomic mass is 32.2. The third-order valence-electron chi connectivity index (χ3n) is 7.20. The van der Waals surface area contributed by atoms with Crippen molar-refractivity contribution in [1.29, 1.82) is 0 Å². The van der Waals surface area contributed by atoms with Crippen LogP contribution in [0.5, 0.6) is 11.5 Å². The van der Waals surface area contributed by atoms with Crippen LogP contribution in [-0.2, 0) is 10.0 Å². The molecule has 43 heavy (non-hydrogen) atoms. The smallest absolute Gasteiger partial charge is 0.321 e. The van der Waals surface area contributed by atoms with E-state index < -0.39 is 39.9 Å². The molecule has 13 heteroatoms. The Kier molecular flexibility index (Phi) is 9.77. The van der Waals surface area contributed by atoms with Crippen LogP contribution >= 0.6 is 0 Å². The van der Waals surface area contributed by atoms with Crippen molar-refractivity contribution in [2.24, 2.45) is 5.92 Å². The standard InChI is InChI=1S/C30H35FN4O7S/c1-19-16-35(20(2)18-36)29(37)25-6-5-7-26(33-43(39,40)24-14-12-23(41-4)13-15-24)28(25)42-27(19)17-34(3)30(38)32-22-10-8-21(31)9-11-22/h5-15,19-20,27,33,36H,16-18H2,1-4H3,(H,32,38)/t19-,20-,27+/m0/s1. The van der Waals surface area contributed by atoms with Gasteiger partial charge in [-0.05, 0) is 67.6 Å². The first kappa shape index (κ1) is 31.6. The van der Waals surface area contributed by atoms with Crippen molar-refractivity contribution in [2.45, 2.75) is 30.9 Å². The number of amides is 3. The molecule has 0 radical (unpaired) electrons. The van der Waals surface area contributed by atoms with E-state index in [0.717, 1.165) is 0 Å². The number of ether oxygens (including phenoxy) is 2. The van der Waals surface area contributed by atoms with Gasteiger partial charge in [0.05, 0.1) is 42.4 Å². The highest BCUT2D eigenvalue weighted by Crippen LogP contribution is 2.36. The van der Waals surface area contributed by atoms with Gasteiger partial charge in [0.25, 0.3) is 15.9 Å². The van der Waals surface area contributed by atoms with E-state index in [1.807, 2.05) is 6.92 Å². The van der Waals surface area contributed by atoms with Gasteiger partial charge in [-0.3, -0.25) is 9.52 Å². The molecule has 1 heterocycles. The molecule has 1 aliphatic rings. The second-order valence-electron chi connectivity index (χ2n) is 10.4. The second kappa shape index (κ2) is 13.3. The number of benzene rings is 3. The summed E-state index contributed by atoms with van der Waals surface area (Å²) < 4.78 is 54.0. The van der Waals surface area contributed by atoms with Gasteiger partial charge in [0.1, 0.15) is 17.7 Å². The maximum Gasteiger partial charge on any atom is 0.321 e. The molecule has 3 atom stereocenters. The van der Waals surface area contributed by atoms with E-state index in [2.05, 4.69) is 10.0 Å². The zero-order valence-electron chi connectivity index (χ0n) is 24.3. The number of aliphatic hydroxyl groups is 1. The Hall–Kier alpha value is -4.36. The number of aliphatic hydroxyl groups excluding tert-OH is 1. The summed E-state index contributed by atoms with van der Waals surface area (Å²) in [5, 5.41) is 12.6. The molecule has 0 unspecified atom stereocenters. The second-order valence-corrected chi connectivity index (χ2v) is 12.1. The highest BCUT2D eigenvalue weighted by molar-refractivity contribution is 7.92. The van der Waals surface area contributed by atoms with Crippen molar-refractivity contribution in [3.8, 4) is 11.5 Å². The molecule has 3 N–H and O–H groups in total. The van der Waals surface area contributed by atoms with E-state index in [9.17, 15) is 27.5 Å². The van der Waals surface area contributed by atoms with E-state index >= 15 is 0 Å². The summed E-state index contributed by atoms with van der Waals surface area (Å²) in [6.45, 7) is 3.53. The van der Waals surface area contributed by atoms with E-state index in [1.165, 1.54) is 83.6 Å². The number of para-hydroxylation sites is 1. The van der Waals surface area contributed by atoms with Crippen LogP contribution in [0.15, 0.2) is 71.6 Å². The molecule has 0 bridgehead atoms. The molecule has 0 saturated carbocycles. The first-order valence-corrected chi connectivity index (χ1v) is 15.1. The normalized spacial score (nSPS) is 17.5. The van der Waals surface area contributed by atoms with Gasteiger partial charge in [-0.2, -0.15) is 0 Å². The molecular weight excluding hydrogens is 579 g/mol. The number of carbonyl (C=O) groups is 2. The van der Waals surface area contributed by atoms with E-state index in [1.54, 1.807) is 14.0 Å². The molecule has 0 aromatic heterocycles. The van der Waals surface area contributed by atoms with Crippen molar-refractivity contribution in [3.05, 3.63) is 78.1 Å². The van der Waals surface area contributed by atoms with Crippen molar-refractivity contribution in [1.82, 2.24) is 9.80 Å². The number of hydrogen-bond donors (Lipinski definition) is 3. The lowest BCUT2D eigenvalue weighted by Gasteiger charge is -2.38. The zero-order chi connectivity index (χ0) is 31.3. The fourth-order valence-corrected chi connectivity index (χ4v) is 5.67.